The van der Waals surface area contributed by atoms with Gasteiger partial charge in [0.05, 0.1) is 17.8 Å². The predicted molar refractivity (Wildman–Crippen MR) is 120 cm³/mol. The van der Waals surface area contributed by atoms with E-state index in [1.54, 1.807) is 11.5 Å². The summed E-state index contributed by atoms with van der Waals surface area (Å²) in [5.74, 6) is -2.35. The number of nitrogens with two attached hydrogens (primary N) is 1. The van der Waals surface area contributed by atoms with Gasteiger partial charge >= 0.3 is 0 Å². The van der Waals surface area contributed by atoms with Crippen molar-refractivity contribution in [2.24, 2.45) is 11.1 Å². The van der Waals surface area contributed by atoms with Crippen molar-refractivity contribution in [3.63, 3.8) is 0 Å². The van der Waals surface area contributed by atoms with E-state index in [2.05, 4.69) is 38.0 Å². The lowest BCUT2D eigenvalue weighted by molar-refractivity contribution is -0.117. The monoisotopic (exact) mass is 449 g/mol. The normalized spacial score (nSPS) is 14.1. The van der Waals surface area contributed by atoms with Crippen LogP contribution >= 0.6 is 0 Å². The third kappa shape index (κ3) is 6.85. The van der Waals surface area contributed by atoms with E-state index in [-0.39, 0.29) is 29.2 Å². The van der Waals surface area contributed by atoms with E-state index >= 15 is 0 Å². The van der Waals surface area contributed by atoms with Crippen molar-refractivity contribution in [3.8, 4) is 11.4 Å². The number of primary amides is 1. The van der Waals surface area contributed by atoms with E-state index in [4.69, 9.17) is 5.73 Å². The first-order chi connectivity index (χ1) is 14.8. The lowest BCUT2D eigenvalue weighted by Crippen LogP contribution is -2.34. The predicted octanol–water partition coefficient (Wildman–Crippen LogP) is 3.24. The molecule has 32 heavy (non-hydrogen) atoms. The summed E-state index contributed by atoms with van der Waals surface area (Å²) in [6.45, 7) is 11.8. The van der Waals surface area contributed by atoms with Crippen LogP contribution in [0, 0.1) is 24.0 Å². The second-order valence-electron chi connectivity index (χ2n) is 9.70. The second-order valence-corrected chi connectivity index (χ2v) is 9.70. The number of halogens is 2. The molecule has 3 rings (SSSR count). The van der Waals surface area contributed by atoms with Crippen LogP contribution in [0.1, 0.15) is 55.9 Å². The molecule has 0 fully saturated rings. The van der Waals surface area contributed by atoms with Crippen LogP contribution < -0.4 is 11.1 Å². The number of aryl methyl sites for hydroxylation is 1. The molecule has 0 unspecified atom stereocenters. The van der Waals surface area contributed by atoms with Gasteiger partial charge in [0.25, 0.3) is 5.91 Å². The van der Waals surface area contributed by atoms with E-state index in [0.29, 0.717) is 24.2 Å². The van der Waals surface area contributed by atoms with Gasteiger partial charge in [0.15, 0.2) is 5.69 Å². The van der Waals surface area contributed by atoms with E-state index < -0.39 is 23.4 Å². The lowest BCUT2D eigenvalue weighted by atomic mass is 10.0. The van der Waals surface area contributed by atoms with Crippen molar-refractivity contribution in [1.82, 2.24) is 19.8 Å². The minimum absolute atomic E-state index is 0.112. The highest BCUT2D eigenvalue weighted by Crippen LogP contribution is 2.29. The molecule has 2 amide bonds. The van der Waals surface area contributed by atoms with E-state index in [0.717, 1.165) is 19.0 Å². The van der Waals surface area contributed by atoms with Crippen LogP contribution in [0.3, 0.4) is 0 Å². The van der Waals surface area contributed by atoms with Gasteiger partial charge in [0.2, 0.25) is 5.91 Å². The Morgan fingerprint density at radius 3 is 2.38 bits per heavy atom. The zero-order chi connectivity index (χ0) is 24.2. The summed E-state index contributed by atoms with van der Waals surface area (Å²) in [6.07, 6.45) is 0.789. The number of fused-ring (bicyclic) bond motifs is 1. The van der Waals surface area contributed by atoms with Gasteiger partial charge in [0.1, 0.15) is 17.5 Å². The summed E-state index contributed by atoms with van der Waals surface area (Å²) in [7, 11) is 1.91. The highest BCUT2D eigenvalue weighted by molar-refractivity contribution is 5.96. The van der Waals surface area contributed by atoms with Crippen LogP contribution in [-0.4, -0.2) is 46.4 Å². The van der Waals surface area contributed by atoms with Crippen molar-refractivity contribution >= 4 is 11.8 Å². The van der Waals surface area contributed by atoms with Gasteiger partial charge in [-0.1, -0.05) is 27.7 Å². The fourth-order valence-electron chi connectivity index (χ4n) is 3.19. The van der Waals surface area contributed by atoms with Gasteiger partial charge in [-0.3, -0.25) is 9.59 Å². The first-order valence-corrected chi connectivity index (χ1v) is 10.6. The molecule has 0 saturated heterocycles. The molecular formula is C23H33F2N5O2. The number of nitrogens with one attached hydrogen (secondary N) is 1. The number of nitrogens with zero attached hydrogens (tertiary/aromatic N) is 3. The SMILES string of the molecule is CC(C)(C)C.Cc1cc(-c2nc(C(=O)NCC(N)=O)c3n2CCCN(C)C3)c(F)cc1F. The molecule has 0 radical (unpaired) electrons. The highest BCUT2D eigenvalue weighted by Gasteiger charge is 2.27. The summed E-state index contributed by atoms with van der Waals surface area (Å²) >= 11 is 0. The fourth-order valence-corrected chi connectivity index (χ4v) is 3.19. The van der Waals surface area contributed by atoms with Crippen LogP contribution in [-0.2, 0) is 17.9 Å². The van der Waals surface area contributed by atoms with E-state index in [1.807, 2.05) is 11.9 Å². The van der Waals surface area contributed by atoms with Gasteiger partial charge < -0.3 is 20.5 Å². The largest absolute Gasteiger partial charge is 0.368 e. The van der Waals surface area contributed by atoms with Crippen LogP contribution in [0.15, 0.2) is 12.1 Å². The Bertz CT molecular complexity index is 989. The molecule has 7 nitrogen and oxygen atoms in total. The smallest absolute Gasteiger partial charge is 0.272 e. The van der Waals surface area contributed by atoms with E-state index in [9.17, 15) is 18.4 Å². The third-order valence-corrected chi connectivity index (χ3v) is 4.54. The lowest BCUT2D eigenvalue weighted by Gasteiger charge is -2.13. The maximum Gasteiger partial charge on any atom is 0.272 e. The maximum absolute atomic E-state index is 14.5. The number of amides is 2. The zero-order valence-electron chi connectivity index (χ0n) is 19.7. The summed E-state index contributed by atoms with van der Waals surface area (Å²) in [6, 6.07) is 2.21. The molecule has 2 aromatic rings. The number of hydrogen-bond donors (Lipinski definition) is 2. The maximum atomic E-state index is 14.5. The summed E-state index contributed by atoms with van der Waals surface area (Å²) in [4.78, 5) is 29.9. The van der Waals surface area contributed by atoms with Crippen LogP contribution in [0.2, 0.25) is 0 Å². The molecule has 1 aliphatic rings. The number of imidazole rings is 1. The molecule has 1 aromatic carbocycles. The highest BCUT2D eigenvalue weighted by atomic mass is 19.1. The molecule has 176 valence electrons. The zero-order valence-corrected chi connectivity index (χ0v) is 19.7. The van der Waals surface area contributed by atoms with Gasteiger partial charge in [-0.25, -0.2) is 13.8 Å². The molecule has 0 saturated carbocycles. The molecule has 1 aromatic heterocycles. The molecule has 2 heterocycles. The Kier molecular flexibility index (Phi) is 8.12. The number of hydrogen-bond acceptors (Lipinski definition) is 4. The van der Waals surface area contributed by atoms with Crippen molar-refractivity contribution < 1.29 is 18.4 Å². The number of benzene rings is 1. The summed E-state index contributed by atoms with van der Waals surface area (Å²) in [5, 5.41) is 2.42. The Balaban J connectivity index is 0.000000654. The van der Waals surface area contributed by atoms with Gasteiger partial charge in [-0.2, -0.15) is 0 Å². The minimum atomic E-state index is -0.743. The molecular weight excluding hydrogens is 416 g/mol. The van der Waals surface area contributed by atoms with Crippen LogP contribution in [0.4, 0.5) is 8.78 Å². The first-order valence-electron chi connectivity index (χ1n) is 10.6. The number of carbonyl (C=O) groups is 2. The van der Waals surface area contributed by atoms with E-state index in [1.165, 1.54) is 6.07 Å². The first kappa shape index (κ1) is 25.5. The average molecular weight is 450 g/mol. The Hall–Kier alpha value is -2.81. The standard InChI is InChI=1S/C18H21F2N5O2.C5H12/c1-10-6-11(13(20)7-12(10)19)17-23-16(18(27)22-8-15(21)26)14-9-24(2)4-3-5-25(14)17;1-5(2,3)4/h6-7H,3-5,8-9H2,1-2H3,(H2,21,26)(H,22,27);1-4H3. The molecule has 0 atom stereocenters. The van der Waals surface area contributed by atoms with Crippen LogP contribution in [0.5, 0.6) is 0 Å². The number of aromatic nitrogens is 2. The third-order valence-electron chi connectivity index (χ3n) is 4.54. The second kappa shape index (κ2) is 10.2. The molecule has 1 aliphatic heterocycles. The average Bonchev–Trinajstić information content (AvgIpc) is 2.87. The quantitative estimate of drug-likeness (QED) is 0.749. The fraction of sp³-hybridized carbons (Fsp3) is 0.522. The Labute approximate surface area is 188 Å². The van der Waals surface area contributed by atoms with Crippen molar-refractivity contribution in [2.45, 2.75) is 54.1 Å². The van der Waals surface area contributed by atoms with Crippen molar-refractivity contribution in [2.75, 3.05) is 20.1 Å². The summed E-state index contributed by atoms with van der Waals surface area (Å²) < 4.78 is 29.9. The Morgan fingerprint density at radius 2 is 1.78 bits per heavy atom. The molecule has 0 aliphatic carbocycles. The van der Waals surface area contributed by atoms with Gasteiger partial charge in [0, 0.05) is 19.2 Å². The molecule has 0 bridgehead atoms. The summed E-state index contributed by atoms with van der Waals surface area (Å²) in [5.41, 5.74) is 6.73. The van der Waals surface area contributed by atoms with Crippen molar-refractivity contribution in [1.29, 1.82) is 0 Å². The number of carbonyl (C=O) groups excluding carboxylic acids is 2. The molecule has 9 heteroatoms. The number of rotatable bonds is 4. The van der Waals surface area contributed by atoms with Gasteiger partial charge in [-0.15, -0.1) is 0 Å². The van der Waals surface area contributed by atoms with Crippen molar-refractivity contribution in [3.05, 3.63) is 40.7 Å². The molecule has 3 N–H and O–H groups in total. The van der Waals surface area contributed by atoms with Gasteiger partial charge in [-0.05, 0) is 44.0 Å². The Morgan fingerprint density at radius 1 is 1.16 bits per heavy atom. The topological polar surface area (TPSA) is 93.3 Å². The van der Waals surface area contributed by atoms with Crippen LogP contribution in [0.25, 0.3) is 11.4 Å². The minimum Gasteiger partial charge on any atom is -0.368 e. The molecule has 0 spiro atoms.